The van der Waals surface area contributed by atoms with Gasteiger partial charge >= 0.3 is 0 Å². The van der Waals surface area contributed by atoms with Crippen molar-refractivity contribution in [3.63, 3.8) is 0 Å². The van der Waals surface area contributed by atoms with Gasteiger partial charge in [-0.3, -0.25) is 0 Å². The average molecular weight is 461 g/mol. The minimum absolute atomic E-state index is 0.0247. The number of nitrogens with one attached hydrogen (secondary N) is 1. The van der Waals surface area contributed by atoms with Crippen LogP contribution >= 0.6 is 11.6 Å². The molecule has 1 N–H and O–H groups in total. The summed E-state index contributed by atoms with van der Waals surface area (Å²) in [6.07, 6.45) is 1.42. The van der Waals surface area contributed by atoms with Crippen LogP contribution in [0.15, 0.2) is 30.5 Å². The van der Waals surface area contributed by atoms with Gasteiger partial charge in [0.2, 0.25) is 5.95 Å². The summed E-state index contributed by atoms with van der Waals surface area (Å²) in [5.74, 6) is -2.95. The molecule has 0 bridgehead atoms. The van der Waals surface area contributed by atoms with Crippen molar-refractivity contribution in [2.24, 2.45) is 0 Å². The van der Waals surface area contributed by atoms with Crippen molar-refractivity contribution < 1.29 is 17.6 Å². The zero-order valence-corrected chi connectivity index (χ0v) is 17.9. The van der Waals surface area contributed by atoms with Crippen LogP contribution in [0.3, 0.4) is 0 Å². The zero-order valence-electron chi connectivity index (χ0n) is 17.1. The Balaban J connectivity index is 1.78. The topological polar surface area (TPSA) is 44.8 Å². The number of hydrogen-bond acceptors (Lipinski definition) is 3. The first-order chi connectivity index (χ1) is 15.3. The van der Waals surface area contributed by atoms with E-state index in [1.807, 2.05) is 0 Å². The fourth-order valence-electron chi connectivity index (χ4n) is 4.30. The van der Waals surface area contributed by atoms with E-state index in [4.69, 9.17) is 11.6 Å². The highest BCUT2D eigenvalue weighted by Gasteiger charge is 2.36. The highest BCUT2D eigenvalue weighted by Crippen LogP contribution is 2.42. The highest BCUT2D eigenvalue weighted by atomic mass is 35.5. The molecule has 0 spiro atoms. The second-order valence-electron chi connectivity index (χ2n) is 7.85. The Morgan fingerprint density at radius 2 is 1.81 bits per heavy atom. The summed E-state index contributed by atoms with van der Waals surface area (Å²) in [4.78, 5) is 13.1. The second kappa shape index (κ2) is 7.48. The van der Waals surface area contributed by atoms with Crippen molar-refractivity contribution in [1.82, 2.24) is 15.0 Å². The average Bonchev–Trinajstić information content (AvgIpc) is 3.16. The standard InChI is InChI=1S/C23H17ClF4N4/c1-10-3-4-13(19(27)18(10)26)22-21-12(17-16(31-21)6-5-14(24)20(17)28)7-8-32(22)23-29-9-15(25)11(2)30-23/h3-6,9,22,31H,7-8H2,1-2H3. The van der Waals surface area contributed by atoms with Crippen LogP contribution in [-0.2, 0) is 6.42 Å². The summed E-state index contributed by atoms with van der Waals surface area (Å²) in [5, 5.41) is 0.296. The Labute approximate surface area is 185 Å². The maximum atomic E-state index is 15.2. The van der Waals surface area contributed by atoms with Gasteiger partial charge in [0.25, 0.3) is 0 Å². The van der Waals surface area contributed by atoms with Crippen LogP contribution in [0.2, 0.25) is 5.02 Å². The number of aryl methyl sites for hydroxylation is 2. The Bertz CT molecular complexity index is 1380. The molecule has 32 heavy (non-hydrogen) atoms. The van der Waals surface area contributed by atoms with E-state index in [1.165, 1.54) is 32.0 Å². The number of anilines is 1. The van der Waals surface area contributed by atoms with Crippen molar-refractivity contribution in [2.75, 3.05) is 11.4 Å². The molecule has 1 aliphatic rings. The van der Waals surface area contributed by atoms with Crippen LogP contribution in [-0.4, -0.2) is 21.5 Å². The van der Waals surface area contributed by atoms with Crippen LogP contribution < -0.4 is 4.90 Å². The molecule has 1 atom stereocenters. The number of benzene rings is 2. The van der Waals surface area contributed by atoms with Crippen LogP contribution in [0.4, 0.5) is 23.5 Å². The summed E-state index contributed by atoms with van der Waals surface area (Å²) in [6.45, 7) is 3.24. The number of rotatable bonds is 2. The molecule has 5 rings (SSSR count). The Kier molecular flexibility index (Phi) is 4.85. The van der Waals surface area contributed by atoms with Gasteiger partial charge in [0.15, 0.2) is 23.3 Å². The van der Waals surface area contributed by atoms with E-state index in [9.17, 15) is 13.2 Å². The molecule has 2 aromatic carbocycles. The van der Waals surface area contributed by atoms with E-state index >= 15 is 4.39 Å². The van der Waals surface area contributed by atoms with Gasteiger partial charge in [-0.2, -0.15) is 0 Å². The smallest absolute Gasteiger partial charge is 0.226 e. The van der Waals surface area contributed by atoms with Gasteiger partial charge in [0.05, 0.1) is 16.9 Å². The van der Waals surface area contributed by atoms with E-state index in [-0.39, 0.29) is 34.3 Å². The fraction of sp³-hybridized carbons (Fsp3) is 0.217. The largest absolute Gasteiger partial charge is 0.356 e. The molecule has 9 heteroatoms. The molecular weight excluding hydrogens is 444 g/mol. The number of halogens is 5. The lowest BCUT2D eigenvalue weighted by Gasteiger charge is -2.36. The summed E-state index contributed by atoms with van der Waals surface area (Å²) in [5.41, 5.74) is 1.94. The summed E-state index contributed by atoms with van der Waals surface area (Å²) < 4.78 is 58.4. The first-order valence-corrected chi connectivity index (χ1v) is 10.3. The predicted octanol–water partition coefficient (Wildman–Crippen LogP) is 5.94. The van der Waals surface area contributed by atoms with Crippen LogP contribution in [0, 0.1) is 37.1 Å². The van der Waals surface area contributed by atoms with E-state index < -0.39 is 29.3 Å². The molecule has 1 aliphatic heterocycles. The Hall–Kier alpha value is -3.13. The van der Waals surface area contributed by atoms with Gasteiger partial charge in [-0.1, -0.05) is 23.7 Å². The van der Waals surface area contributed by atoms with E-state index in [1.54, 1.807) is 11.0 Å². The van der Waals surface area contributed by atoms with E-state index in [2.05, 4.69) is 15.0 Å². The molecule has 0 aliphatic carbocycles. The molecule has 4 aromatic rings. The fourth-order valence-corrected chi connectivity index (χ4v) is 4.46. The lowest BCUT2D eigenvalue weighted by Crippen LogP contribution is -2.38. The molecule has 2 aromatic heterocycles. The minimum Gasteiger partial charge on any atom is -0.356 e. The molecule has 1 unspecified atom stereocenters. The van der Waals surface area contributed by atoms with Crippen LogP contribution in [0.5, 0.6) is 0 Å². The quantitative estimate of drug-likeness (QED) is 0.377. The third kappa shape index (κ3) is 3.04. The summed E-state index contributed by atoms with van der Waals surface area (Å²) in [6, 6.07) is 5.17. The highest BCUT2D eigenvalue weighted by molar-refractivity contribution is 6.31. The molecule has 3 heterocycles. The summed E-state index contributed by atoms with van der Waals surface area (Å²) >= 11 is 6.00. The van der Waals surface area contributed by atoms with Gasteiger partial charge in [-0.05, 0) is 43.5 Å². The van der Waals surface area contributed by atoms with Gasteiger partial charge in [0.1, 0.15) is 6.04 Å². The molecule has 0 saturated heterocycles. The van der Waals surface area contributed by atoms with E-state index in [0.29, 0.717) is 28.6 Å². The maximum Gasteiger partial charge on any atom is 0.226 e. The normalized spacial score (nSPS) is 16.0. The minimum atomic E-state index is -1.01. The first kappa shape index (κ1) is 20.8. The van der Waals surface area contributed by atoms with Crippen LogP contribution in [0.1, 0.15) is 34.1 Å². The van der Waals surface area contributed by atoms with E-state index in [0.717, 1.165) is 6.20 Å². The number of aromatic nitrogens is 3. The second-order valence-corrected chi connectivity index (χ2v) is 8.26. The zero-order chi connectivity index (χ0) is 22.7. The Morgan fingerprint density at radius 3 is 2.56 bits per heavy atom. The molecule has 4 nitrogen and oxygen atoms in total. The third-order valence-corrected chi connectivity index (χ3v) is 6.23. The number of H-pyrrole nitrogens is 1. The van der Waals surface area contributed by atoms with Crippen LogP contribution in [0.25, 0.3) is 10.9 Å². The van der Waals surface area contributed by atoms with Gasteiger partial charge < -0.3 is 9.88 Å². The maximum absolute atomic E-state index is 15.2. The van der Waals surface area contributed by atoms with Crippen molar-refractivity contribution in [2.45, 2.75) is 26.3 Å². The van der Waals surface area contributed by atoms with Crippen molar-refractivity contribution in [3.8, 4) is 0 Å². The molecule has 0 radical (unpaired) electrons. The molecule has 164 valence electrons. The number of fused-ring (bicyclic) bond motifs is 3. The van der Waals surface area contributed by atoms with Crippen molar-refractivity contribution in [3.05, 3.63) is 86.8 Å². The van der Waals surface area contributed by atoms with Gasteiger partial charge in [-0.15, -0.1) is 0 Å². The van der Waals surface area contributed by atoms with Gasteiger partial charge in [0, 0.05) is 28.7 Å². The molecule has 0 fully saturated rings. The predicted molar refractivity (Wildman–Crippen MR) is 114 cm³/mol. The molecular formula is C23H17ClF4N4. The SMILES string of the molecule is Cc1ccc(C2c3[nH]c4ccc(Cl)c(F)c4c3CCN2c2ncc(F)c(C)n2)c(F)c1F. The number of nitrogens with zero attached hydrogens (tertiary/aromatic N) is 3. The van der Waals surface area contributed by atoms with Crippen molar-refractivity contribution >= 4 is 28.5 Å². The monoisotopic (exact) mass is 460 g/mol. The number of aromatic amines is 1. The third-order valence-electron chi connectivity index (χ3n) is 5.94. The lowest BCUT2D eigenvalue weighted by molar-refractivity contribution is 0.480. The first-order valence-electron chi connectivity index (χ1n) is 9.96. The summed E-state index contributed by atoms with van der Waals surface area (Å²) in [7, 11) is 0. The number of hydrogen-bond donors (Lipinski definition) is 1. The molecule has 0 saturated carbocycles. The van der Waals surface area contributed by atoms with Gasteiger partial charge in [-0.25, -0.2) is 27.5 Å². The Morgan fingerprint density at radius 1 is 1.03 bits per heavy atom. The molecule has 0 amide bonds. The van der Waals surface area contributed by atoms with Crippen molar-refractivity contribution in [1.29, 1.82) is 0 Å². The lowest BCUT2D eigenvalue weighted by atomic mass is 9.91.